The van der Waals surface area contributed by atoms with Gasteiger partial charge in [0.15, 0.2) is 0 Å². The molecular formula is C37H42N2O4S. The lowest BCUT2D eigenvalue weighted by Gasteiger charge is -2.19. The largest absolute Gasteiger partial charge is 0.467 e. The third-order valence-electron chi connectivity index (χ3n) is 8.31. The molecule has 1 atom stereocenters. The van der Waals surface area contributed by atoms with E-state index in [4.69, 9.17) is 14.5 Å². The van der Waals surface area contributed by atoms with Crippen LogP contribution in [0, 0.1) is 5.92 Å². The van der Waals surface area contributed by atoms with Crippen molar-refractivity contribution in [3.8, 4) is 11.5 Å². The molecule has 44 heavy (non-hydrogen) atoms. The van der Waals surface area contributed by atoms with Crippen LogP contribution in [0.5, 0.6) is 11.5 Å². The van der Waals surface area contributed by atoms with Crippen LogP contribution in [0.15, 0.2) is 67.2 Å². The molecule has 0 radical (unpaired) electrons. The number of ether oxygens (including phenoxy) is 2. The van der Waals surface area contributed by atoms with Crippen molar-refractivity contribution in [3.05, 3.63) is 93.9 Å². The van der Waals surface area contributed by atoms with Crippen LogP contribution in [0.3, 0.4) is 0 Å². The third-order valence-corrected chi connectivity index (χ3v) is 9.58. The van der Waals surface area contributed by atoms with Crippen LogP contribution in [0.25, 0.3) is 16.3 Å². The number of benzene rings is 2. The summed E-state index contributed by atoms with van der Waals surface area (Å²) in [6.07, 6.45) is 5.93. The summed E-state index contributed by atoms with van der Waals surface area (Å²) < 4.78 is 11.3. The zero-order chi connectivity index (χ0) is 31.4. The van der Waals surface area contributed by atoms with Gasteiger partial charge in [0.05, 0.1) is 7.11 Å². The summed E-state index contributed by atoms with van der Waals surface area (Å²) in [5.74, 6) is 1.08. The number of carbonyl (C=O) groups excluding carboxylic acids is 2. The van der Waals surface area contributed by atoms with E-state index in [9.17, 15) is 9.59 Å². The van der Waals surface area contributed by atoms with Crippen LogP contribution in [0.4, 0.5) is 0 Å². The van der Waals surface area contributed by atoms with Crippen molar-refractivity contribution in [1.82, 2.24) is 10.3 Å². The summed E-state index contributed by atoms with van der Waals surface area (Å²) >= 11 is 1.56. The van der Waals surface area contributed by atoms with Gasteiger partial charge in [0.25, 0.3) is 5.91 Å². The quantitative estimate of drug-likeness (QED) is 0.182. The Balaban J connectivity index is 1.44. The number of thiophene rings is 1. The summed E-state index contributed by atoms with van der Waals surface area (Å²) in [5.41, 5.74) is 3.44. The number of hydrogen-bond donors (Lipinski definition) is 1. The van der Waals surface area contributed by atoms with E-state index < -0.39 is 17.9 Å². The van der Waals surface area contributed by atoms with E-state index in [1.165, 1.54) is 38.4 Å². The van der Waals surface area contributed by atoms with Gasteiger partial charge in [0.1, 0.15) is 23.2 Å². The molecule has 0 saturated heterocycles. The van der Waals surface area contributed by atoms with Crippen LogP contribution in [0.1, 0.15) is 84.9 Å². The predicted molar refractivity (Wildman–Crippen MR) is 179 cm³/mol. The van der Waals surface area contributed by atoms with Gasteiger partial charge >= 0.3 is 5.97 Å². The standard InChI is InChI=1S/C37H42N2O4S/c1-23(2)34-18-16-29(44-34)22-33(36(41)42-6)39-35(40)32-21-25-20-28(43-27-13-11-26(12-14-27)37(3,4)5)15-17-30(25)31(38-32)19-24-9-7-8-10-24/h11-18,20-21,24,33H,1,7-10,19,22H2,2-6H3,(H,39,40). The maximum atomic E-state index is 13.7. The van der Waals surface area contributed by atoms with Gasteiger partial charge in [0, 0.05) is 27.3 Å². The molecular weight excluding hydrogens is 568 g/mol. The highest BCUT2D eigenvalue weighted by Gasteiger charge is 2.26. The normalized spacial score (nSPS) is 14.4. The highest BCUT2D eigenvalue weighted by Crippen LogP contribution is 2.33. The van der Waals surface area contributed by atoms with Gasteiger partial charge in [-0.1, -0.05) is 65.2 Å². The Bertz CT molecular complexity index is 1660. The van der Waals surface area contributed by atoms with E-state index in [0.717, 1.165) is 44.0 Å². The summed E-state index contributed by atoms with van der Waals surface area (Å²) in [4.78, 5) is 33.3. The van der Waals surface area contributed by atoms with Crippen molar-refractivity contribution in [1.29, 1.82) is 0 Å². The molecule has 4 aromatic rings. The molecule has 1 N–H and O–H groups in total. The smallest absolute Gasteiger partial charge is 0.328 e. The Labute approximate surface area is 264 Å². The van der Waals surface area contributed by atoms with Gasteiger partial charge in [-0.3, -0.25) is 4.79 Å². The van der Waals surface area contributed by atoms with Crippen molar-refractivity contribution >= 4 is 39.6 Å². The molecule has 2 heterocycles. The fraction of sp³-hybridized carbons (Fsp3) is 0.378. The fourth-order valence-electron chi connectivity index (χ4n) is 5.78. The Hall–Kier alpha value is -3.97. The number of fused-ring (bicyclic) bond motifs is 1. The van der Waals surface area contributed by atoms with Gasteiger partial charge < -0.3 is 14.8 Å². The van der Waals surface area contributed by atoms with E-state index in [1.54, 1.807) is 17.4 Å². The Morgan fingerprint density at radius 1 is 1.02 bits per heavy atom. The van der Waals surface area contributed by atoms with Crippen LogP contribution in [0.2, 0.25) is 0 Å². The monoisotopic (exact) mass is 610 g/mol. The highest BCUT2D eigenvalue weighted by molar-refractivity contribution is 7.13. The summed E-state index contributed by atoms with van der Waals surface area (Å²) in [6, 6.07) is 19.0. The second-order valence-electron chi connectivity index (χ2n) is 12.9. The number of rotatable bonds is 10. The lowest BCUT2D eigenvalue weighted by atomic mass is 9.87. The topological polar surface area (TPSA) is 77.5 Å². The predicted octanol–water partition coefficient (Wildman–Crippen LogP) is 8.67. The van der Waals surface area contributed by atoms with Crippen molar-refractivity contribution in [2.24, 2.45) is 5.92 Å². The number of nitrogens with one attached hydrogen (secondary N) is 1. The van der Waals surface area contributed by atoms with Crippen LogP contribution in [-0.4, -0.2) is 30.0 Å². The first-order valence-electron chi connectivity index (χ1n) is 15.4. The molecule has 1 saturated carbocycles. The summed E-state index contributed by atoms with van der Waals surface area (Å²) in [6.45, 7) is 12.5. The number of pyridine rings is 1. The molecule has 2 aromatic carbocycles. The molecule has 1 unspecified atom stereocenters. The fourth-order valence-corrected chi connectivity index (χ4v) is 6.76. The zero-order valence-electron chi connectivity index (χ0n) is 26.4. The number of amides is 1. The first-order valence-corrected chi connectivity index (χ1v) is 16.2. The number of esters is 1. The van der Waals surface area contributed by atoms with E-state index in [-0.39, 0.29) is 11.1 Å². The lowest BCUT2D eigenvalue weighted by Crippen LogP contribution is -2.43. The Morgan fingerprint density at radius 3 is 2.36 bits per heavy atom. The van der Waals surface area contributed by atoms with Crippen LogP contribution < -0.4 is 10.1 Å². The highest BCUT2D eigenvalue weighted by atomic mass is 32.1. The number of carbonyl (C=O) groups is 2. The molecule has 7 heteroatoms. The number of allylic oxidation sites excluding steroid dienone is 1. The minimum atomic E-state index is -0.842. The summed E-state index contributed by atoms with van der Waals surface area (Å²) in [5, 5.41) is 4.79. The second-order valence-corrected chi connectivity index (χ2v) is 14.0. The molecule has 230 valence electrons. The van der Waals surface area contributed by atoms with Crippen molar-refractivity contribution in [2.75, 3.05) is 7.11 Å². The molecule has 0 aliphatic heterocycles. The molecule has 0 spiro atoms. The van der Waals surface area contributed by atoms with Gasteiger partial charge in [-0.25, -0.2) is 9.78 Å². The summed E-state index contributed by atoms with van der Waals surface area (Å²) in [7, 11) is 1.33. The number of hydrogen-bond acceptors (Lipinski definition) is 6. The van der Waals surface area contributed by atoms with Gasteiger partial charge in [-0.05, 0) is 89.7 Å². The van der Waals surface area contributed by atoms with E-state index in [0.29, 0.717) is 18.1 Å². The van der Waals surface area contributed by atoms with Crippen LogP contribution in [-0.2, 0) is 27.8 Å². The molecule has 6 nitrogen and oxygen atoms in total. The first-order chi connectivity index (χ1) is 21.0. The number of methoxy groups -OCH3 is 1. The lowest BCUT2D eigenvalue weighted by molar-refractivity contribution is -0.142. The Morgan fingerprint density at radius 2 is 1.73 bits per heavy atom. The SMILES string of the molecule is C=C(C)c1ccc(CC(NC(=O)c2cc3cc(Oc4ccc(C(C)(C)C)cc4)ccc3c(CC3CCCC3)n2)C(=O)OC)s1. The molecule has 0 bridgehead atoms. The average molecular weight is 611 g/mol. The number of aromatic nitrogens is 1. The first kappa shape index (κ1) is 31.5. The molecule has 1 aliphatic rings. The minimum absolute atomic E-state index is 0.0609. The molecule has 1 aliphatic carbocycles. The van der Waals surface area contributed by atoms with Crippen LogP contribution >= 0.6 is 11.3 Å². The maximum Gasteiger partial charge on any atom is 0.328 e. The van der Waals surface area contributed by atoms with E-state index in [1.807, 2.05) is 49.4 Å². The van der Waals surface area contributed by atoms with Gasteiger partial charge in [-0.2, -0.15) is 0 Å². The third kappa shape index (κ3) is 7.56. The Kier molecular flexibility index (Phi) is 9.54. The zero-order valence-corrected chi connectivity index (χ0v) is 27.2. The molecule has 2 aromatic heterocycles. The van der Waals surface area contributed by atoms with Crippen molar-refractivity contribution in [2.45, 2.75) is 77.7 Å². The van der Waals surface area contributed by atoms with E-state index >= 15 is 0 Å². The molecule has 5 rings (SSSR count). The average Bonchev–Trinajstić information content (AvgIpc) is 3.68. The molecule has 1 fully saturated rings. The van der Waals surface area contributed by atoms with Gasteiger partial charge in [0.2, 0.25) is 0 Å². The van der Waals surface area contributed by atoms with Gasteiger partial charge in [-0.15, -0.1) is 11.3 Å². The maximum absolute atomic E-state index is 13.7. The number of nitrogens with zero attached hydrogens (tertiary/aromatic N) is 1. The van der Waals surface area contributed by atoms with E-state index in [2.05, 4.69) is 44.8 Å². The molecule has 1 amide bonds. The minimum Gasteiger partial charge on any atom is -0.467 e. The second kappa shape index (κ2) is 13.3. The van der Waals surface area contributed by atoms with Crippen molar-refractivity contribution < 1.29 is 19.1 Å². The van der Waals surface area contributed by atoms with Crippen molar-refractivity contribution in [3.63, 3.8) is 0 Å².